The highest BCUT2D eigenvalue weighted by Gasteiger charge is 2.30. The van der Waals surface area contributed by atoms with Gasteiger partial charge < -0.3 is 9.47 Å². The molecular weight excluding hydrogens is 279 g/mol. The second kappa shape index (κ2) is 5.20. The number of aromatic nitrogens is 1. The van der Waals surface area contributed by atoms with Gasteiger partial charge in [-0.25, -0.2) is 4.39 Å². The summed E-state index contributed by atoms with van der Waals surface area (Å²) in [6, 6.07) is 6.72. The standard InChI is InChI=1S/C18H21FN2O/c1-12-6-8-20(9-7-12)10-14-11-21-16(22)5-3-13-2-4-15(19)17(14)18(13)21/h2-5,12,14H,6-11H2,1H3. The number of likely N-dealkylation sites (tertiary alicyclic amines) is 1. The van der Waals surface area contributed by atoms with Crippen LogP contribution in [0.2, 0.25) is 0 Å². The first-order valence-electron chi connectivity index (χ1n) is 8.18. The summed E-state index contributed by atoms with van der Waals surface area (Å²) in [6.45, 7) is 5.92. The zero-order valence-electron chi connectivity index (χ0n) is 12.9. The normalized spacial score (nSPS) is 22.5. The number of pyridine rings is 1. The Balaban J connectivity index is 1.70. The maximum absolute atomic E-state index is 14.4. The van der Waals surface area contributed by atoms with Gasteiger partial charge in [0.2, 0.25) is 0 Å². The monoisotopic (exact) mass is 300 g/mol. The first kappa shape index (κ1) is 13.9. The lowest BCUT2D eigenvalue weighted by Gasteiger charge is -2.32. The molecule has 1 atom stereocenters. The van der Waals surface area contributed by atoms with Gasteiger partial charge in [-0.1, -0.05) is 6.92 Å². The summed E-state index contributed by atoms with van der Waals surface area (Å²) in [7, 11) is 0. The highest BCUT2D eigenvalue weighted by Crippen LogP contribution is 2.35. The van der Waals surface area contributed by atoms with Gasteiger partial charge in [0.15, 0.2) is 0 Å². The molecule has 3 nitrogen and oxygen atoms in total. The molecule has 2 aromatic rings. The molecule has 1 fully saturated rings. The van der Waals surface area contributed by atoms with E-state index >= 15 is 0 Å². The molecule has 3 heterocycles. The second-order valence-corrected chi connectivity index (χ2v) is 6.86. The van der Waals surface area contributed by atoms with Crippen molar-refractivity contribution in [3.05, 3.63) is 46.0 Å². The molecule has 2 aliphatic heterocycles. The van der Waals surface area contributed by atoms with E-state index in [4.69, 9.17) is 0 Å². The molecule has 4 rings (SSSR count). The van der Waals surface area contributed by atoms with Crippen LogP contribution in [0.25, 0.3) is 10.9 Å². The largest absolute Gasteiger partial charge is 0.307 e. The van der Waals surface area contributed by atoms with Crippen LogP contribution in [-0.4, -0.2) is 29.1 Å². The van der Waals surface area contributed by atoms with Gasteiger partial charge in [0.1, 0.15) is 5.82 Å². The Morgan fingerprint density at radius 1 is 1.18 bits per heavy atom. The number of rotatable bonds is 2. The molecule has 0 radical (unpaired) electrons. The van der Waals surface area contributed by atoms with Crippen LogP contribution in [0.5, 0.6) is 0 Å². The quantitative estimate of drug-likeness (QED) is 0.852. The number of halogens is 1. The minimum atomic E-state index is -0.167. The maximum Gasteiger partial charge on any atom is 0.251 e. The summed E-state index contributed by atoms with van der Waals surface area (Å²) < 4.78 is 16.2. The van der Waals surface area contributed by atoms with Crippen molar-refractivity contribution in [2.24, 2.45) is 5.92 Å². The van der Waals surface area contributed by atoms with Crippen molar-refractivity contribution in [2.75, 3.05) is 19.6 Å². The van der Waals surface area contributed by atoms with E-state index in [0.29, 0.717) is 6.54 Å². The van der Waals surface area contributed by atoms with E-state index < -0.39 is 0 Å². The molecule has 116 valence electrons. The van der Waals surface area contributed by atoms with Crippen LogP contribution in [0.4, 0.5) is 4.39 Å². The van der Waals surface area contributed by atoms with Crippen LogP contribution in [0, 0.1) is 11.7 Å². The van der Waals surface area contributed by atoms with Gasteiger partial charge in [0.05, 0.1) is 5.52 Å². The number of hydrogen-bond donors (Lipinski definition) is 0. The third kappa shape index (κ3) is 2.17. The van der Waals surface area contributed by atoms with E-state index in [1.165, 1.54) is 12.8 Å². The average molecular weight is 300 g/mol. The van der Waals surface area contributed by atoms with Crippen LogP contribution in [0.15, 0.2) is 29.1 Å². The Labute approximate surface area is 129 Å². The van der Waals surface area contributed by atoms with Crippen LogP contribution in [-0.2, 0) is 6.54 Å². The molecule has 0 bridgehead atoms. The molecule has 0 saturated carbocycles. The molecule has 0 amide bonds. The summed E-state index contributed by atoms with van der Waals surface area (Å²) in [6.07, 6.45) is 2.43. The van der Waals surface area contributed by atoms with E-state index in [9.17, 15) is 9.18 Å². The van der Waals surface area contributed by atoms with Crippen molar-refractivity contribution >= 4 is 10.9 Å². The van der Waals surface area contributed by atoms with E-state index in [1.807, 2.05) is 6.07 Å². The Hall–Kier alpha value is -1.68. The summed E-state index contributed by atoms with van der Waals surface area (Å²) in [5.74, 6) is 0.715. The molecule has 22 heavy (non-hydrogen) atoms. The molecular formula is C18H21FN2O. The highest BCUT2D eigenvalue weighted by atomic mass is 19.1. The van der Waals surface area contributed by atoms with Crippen molar-refractivity contribution < 1.29 is 4.39 Å². The summed E-state index contributed by atoms with van der Waals surface area (Å²) in [5, 5.41) is 0.964. The van der Waals surface area contributed by atoms with E-state index in [-0.39, 0.29) is 17.3 Å². The van der Waals surface area contributed by atoms with Crippen molar-refractivity contribution in [2.45, 2.75) is 32.2 Å². The maximum atomic E-state index is 14.4. The molecule has 0 N–H and O–H groups in total. The molecule has 1 aromatic heterocycles. The molecule has 2 aliphatic rings. The van der Waals surface area contributed by atoms with Crippen LogP contribution < -0.4 is 5.56 Å². The Morgan fingerprint density at radius 3 is 2.68 bits per heavy atom. The molecule has 4 heteroatoms. The molecule has 0 spiro atoms. The zero-order valence-corrected chi connectivity index (χ0v) is 12.9. The number of nitrogens with zero attached hydrogens (tertiary/aromatic N) is 2. The topological polar surface area (TPSA) is 25.2 Å². The van der Waals surface area contributed by atoms with Crippen molar-refractivity contribution in [3.63, 3.8) is 0 Å². The van der Waals surface area contributed by atoms with Crippen molar-refractivity contribution in [3.8, 4) is 0 Å². The smallest absolute Gasteiger partial charge is 0.251 e. The van der Waals surface area contributed by atoms with Gasteiger partial charge in [0, 0.05) is 30.6 Å². The third-order valence-electron chi connectivity index (χ3n) is 5.30. The van der Waals surface area contributed by atoms with E-state index in [0.717, 1.165) is 42.0 Å². The van der Waals surface area contributed by atoms with Gasteiger partial charge in [-0.15, -0.1) is 0 Å². The first-order chi connectivity index (χ1) is 10.6. The fraction of sp³-hybridized carbons (Fsp3) is 0.500. The minimum absolute atomic E-state index is 0.0193. The number of piperidine rings is 1. The average Bonchev–Trinajstić information content (AvgIpc) is 2.89. The van der Waals surface area contributed by atoms with Gasteiger partial charge in [-0.3, -0.25) is 4.79 Å². The van der Waals surface area contributed by atoms with Crippen LogP contribution in [0.1, 0.15) is 31.2 Å². The SMILES string of the molecule is CC1CCN(CC2Cn3c(=O)ccc4ccc(F)c2c43)CC1. The third-order valence-corrected chi connectivity index (χ3v) is 5.30. The lowest BCUT2D eigenvalue weighted by Crippen LogP contribution is -2.36. The van der Waals surface area contributed by atoms with Crippen LogP contribution >= 0.6 is 0 Å². The minimum Gasteiger partial charge on any atom is -0.307 e. The summed E-state index contributed by atoms with van der Waals surface area (Å²) in [4.78, 5) is 14.5. The number of benzene rings is 1. The van der Waals surface area contributed by atoms with Gasteiger partial charge in [0.25, 0.3) is 5.56 Å². The second-order valence-electron chi connectivity index (χ2n) is 6.86. The molecule has 1 unspecified atom stereocenters. The lowest BCUT2D eigenvalue weighted by molar-refractivity contribution is 0.179. The van der Waals surface area contributed by atoms with Crippen molar-refractivity contribution in [1.29, 1.82) is 0 Å². The molecule has 1 saturated heterocycles. The Bertz CT molecular complexity index is 774. The summed E-state index contributed by atoms with van der Waals surface area (Å²) in [5.41, 5.74) is 1.53. The predicted molar refractivity (Wildman–Crippen MR) is 85.7 cm³/mol. The fourth-order valence-corrected chi connectivity index (χ4v) is 3.98. The van der Waals surface area contributed by atoms with Gasteiger partial charge in [-0.05, 0) is 55.4 Å². The molecule has 1 aromatic carbocycles. The van der Waals surface area contributed by atoms with Gasteiger partial charge in [-0.2, -0.15) is 0 Å². The Kier molecular flexibility index (Phi) is 3.30. The van der Waals surface area contributed by atoms with Crippen molar-refractivity contribution in [1.82, 2.24) is 9.47 Å². The Morgan fingerprint density at radius 2 is 1.91 bits per heavy atom. The van der Waals surface area contributed by atoms with Gasteiger partial charge >= 0.3 is 0 Å². The summed E-state index contributed by atoms with van der Waals surface area (Å²) >= 11 is 0. The molecule has 0 aliphatic carbocycles. The zero-order chi connectivity index (χ0) is 15.3. The lowest BCUT2D eigenvalue weighted by atomic mass is 9.95. The van der Waals surface area contributed by atoms with Crippen LogP contribution in [0.3, 0.4) is 0 Å². The first-order valence-corrected chi connectivity index (χ1v) is 8.18. The fourth-order valence-electron chi connectivity index (χ4n) is 3.98. The van der Waals surface area contributed by atoms with E-state index in [1.54, 1.807) is 22.8 Å². The predicted octanol–water partition coefficient (Wildman–Crippen LogP) is 2.97. The highest BCUT2D eigenvalue weighted by molar-refractivity contribution is 5.84. The number of hydrogen-bond acceptors (Lipinski definition) is 2. The van der Waals surface area contributed by atoms with E-state index in [2.05, 4.69) is 11.8 Å².